The zero-order chi connectivity index (χ0) is 14.0. The van der Waals surface area contributed by atoms with E-state index in [1.54, 1.807) is 7.11 Å². The molecule has 0 aliphatic carbocycles. The molecule has 0 spiro atoms. The van der Waals surface area contributed by atoms with Gasteiger partial charge in [0.05, 0.1) is 5.69 Å². The molecule has 1 amide bonds. The van der Waals surface area contributed by atoms with Crippen LogP contribution in [0.5, 0.6) is 0 Å². The Hall–Kier alpha value is -0.400. The number of carbonyl (C=O) groups is 1. The van der Waals surface area contributed by atoms with Crippen molar-refractivity contribution in [2.24, 2.45) is 5.73 Å². The number of hydrogen-bond donors (Lipinski definition) is 1. The molecule has 0 aromatic carbocycles. The van der Waals surface area contributed by atoms with Crippen LogP contribution >= 0.6 is 36.2 Å². The summed E-state index contributed by atoms with van der Waals surface area (Å²) in [6, 6.07) is 0.100. The minimum atomic E-state index is -0.0751. The highest BCUT2D eigenvalue weighted by Crippen LogP contribution is 2.27. The molecule has 1 fully saturated rings. The first-order chi connectivity index (χ1) is 9.02. The van der Waals surface area contributed by atoms with Crippen molar-refractivity contribution in [3.8, 4) is 0 Å². The summed E-state index contributed by atoms with van der Waals surface area (Å²) in [6.45, 7) is 5.24. The van der Waals surface area contributed by atoms with Crippen LogP contribution in [0.2, 0.25) is 0 Å². The summed E-state index contributed by atoms with van der Waals surface area (Å²) in [5.74, 6) is 0.0553. The Balaban J connectivity index is 0.00000200. The van der Waals surface area contributed by atoms with Crippen LogP contribution in [0.15, 0.2) is 0 Å². The Morgan fingerprint density at radius 1 is 1.52 bits per heavy atom. The van der Waals surface area contributed by atoms with Gasteiger partial charge in [-0.2, -0.15) is 0 Å². The molecule has 5 nitrogen and oxygen atoms in total. The minimum absolute atomic E-state index is 0. The van der Waals surface area contributed by atoms with Gasteiger partial charge in [-0.3, -0.25) is 4.79 Å². The van der Waals surface area contributed by atoms with E-state index in [-0.39, 0.29) is 42.9 Å². The number of nitrogens with zero attached hydrogens (tertiary/aromatic N) is 2. The maximum atomic E-state index is 12.5. The van der Waals surface area contributed by atoms with E-state index in [0.717, 1.165) is 30.1 Å². The van der Waals surface area contributed by atoms with Crippen molar-refractivity contribution in [1.82, 2.24) is 9.88 Å². The third-order valence-corrected chi connectivity index (χ3v) is 4.76. The van der Waals surface area contributed by atoms with Crippen molar-refractivity contribution in [2.75, 3.05) is 20.2 Å². The first-order valence-electron chi connectivity index (χ1n) is 6.58. The lowest BCUT2D eigenvalue weighted by Crippen LogP contribution is -2.45. The number of aryl methyl sites for hydroxylation is 1. The molecule has 0 saturated carbocycles. The highest BCUT2D eigenvalue weighted by atomic mass is 35.5. The van der Waals surface area contributed by atoms with Crippen LogP contribution < -0.4 is 5.73 Å². The number of rotatable bonds is 3. The number of hydrogen-bond acceptors (Lipinski definition) is 5. The molecule has 2 N–H and O–H groups in total. The largest absolute Gasteiger partial charge is 0.375 e. The molecule has 0 bridgehead atoms. The van der Waals surface area contributed by atoms with Crippen molar-refractivity contribution in [3.63, 3.8) is 0 Å². The van der Waals surface area contributed by atoms with Crippen LogP contribution in [0.1, 0.15) is 46.2 Å². The maximum absolute atomic E-state index is 12.5. The van der Waals surface area contributed by atoms with E-state index >= 15 is 0 Å². The Bertz CT molecular complexity index is 470. The Morgan fingerprint density at radius 2 is 2.19 bits per heavy atom. The van der Waals surface area contributed by atoms with Crippen LogP contribution in [-0.2, 0) is 4.74 Å². The number of aromatic nitrogens is 1. The van der Waals surface area contributed by atoms with Crippen LogP contribution in [0.4, 0.5) is 0 Å². The summed E-state index contributed by atoms with van der Waals surface area (Å²) < 4.78 is 5.25. The van der Waals surface area contributed by atoms with Gasteiger partial charge >= 0.3 is 0 Å². The second-order valence-corrected chi connectivity index (χ2v) is 6.03. The van der Waals surface area contributed by atoms with E-state index in [1.165, 1.54) is 11.3 Å². The molecular formula is C13H23Cl2N3O2S. The topological polar surface area (TPSA) is 68.5 Å². The number of nitrogens with two attached hydrogens (primary N) is 1. The summed E-state index contributed by atoms with van der Waals surface area (Å²) in [5, 5.41) is 0.852. The molecule has 8 heteroatoms. The van der Waals surface area contributed by atoms with Crippen molar-refractivity contribution in [3.05, 3.63) is 15.6 Å². The molecule has 0 radical (unpaired) electrons. The van der Waals surface area contributed by atoms with E-state index in [9.17, 15) is 4.79 Å². The van der Waals surface area contributed by atoms with Crippen LogP contribution in [0.25, 0.3) is 0 Å². The quantitative estimate of drug-likeness (QED) is 0.904. The van der Waals surface area contributed by atoms with Crippen LogP contribution in [0.3, 0.4) is 0 Å². The zero-order valence-electron chi connectivity index (χ0n) is 12.5. The number of halogens is 2. The van der Waals surface area contributed by atoms with Gasteiger partial charge in [0.25, 0.3) is 5.91 Å². The first-order valence-corrected chi connectivity index (χ1v) is 7.39. The highest BCUT2D eigenvalue weighted by Gasteiger charge is 2.26. The molecule has 122 valence electrons. The summed E-state index contributed by atoms with van der Waals surface area (Å²) in [7, 11) is 1.65. The summed E-state index contributed by atoms with van der Waals surface area (Å²) in [4.78, 5) is 19.5. The molecule has 2 rings (SSSR count). The summed E-state index contributed by atoms with van der Waals surface area (Å²) in [6.07, 6.45) is 1.90. The SMILES string of the molecule is COC(C)c1nc(C)c(C(=O)N2CCCC(N)C2)s1.Cl.Cl. The van der Waals surface area contributed by atoms with Gasteiger partial charge in [-0.15, -0.1) is 36.2 Å². The third-order valence-electron chi connectivity index (χ3n) is 3.45. The maximum Gasteiger partial charge on any atom is 0.265 e. The second kappa shape index (κ2) is 8.90. The van der Waals surface area contributed by atoms with Gasteiger partial charge in [-0.05, 0) is 26.7 Å². The van der Waals surface area contributed by atoms with Crippen molar-refractivity contribution >= 4 is 42.1 Å². The fourth-order valence-corrected chi connectivity index (χ4v) is 3.29. The van der Waals surface area contributed by atoms with Crippen molar-refractivity contribution < 1.29 is 9.53 Å². The summed E-state index contributed by atoms with van der Waals surface area (Å²) in [5.41, 5.74) is 6.71. The fraction of sp³-hybridized carbons (Fsp3) is 0.692. The normalized spacial score (nSPS) is 19.4. The monoisotopic (exact) mass is 355 g/mol. The molecule has 2 unspecified atom stereocenters. The Labute approximate surface area is 142 Å². The molecule has 1 aliphatic heterocycles. The van der Waals surface area contributed by atoms with E-state index in [1.807, 2.05) is 18.7 Å². The number of ether oxygens (including phenoxy) is 1. The lowest BCUT2D eigenvalue weighted by molar-refractivity contribution is 0.0713. The number of methoxy groups -OCH3 is 1. The number of likely N-dealkylation sites (tertiary alicyclic amines) is 1. The average Bonchev–Trinajstić information content (AvgIpc) is 2.79. The van der Waals surface area contributed by atoms with E-state index in [0.29, 0.717) is 11.4 Å². The van der Waals surface area contributed by atoms with Crippen molar-refractivity contribution in [2.45, 2.75) is 38.8 Å². The van der Waals surface area contributed by atoms with E-state index in [2.05, 4.69) is 4.98 Å². The number of thiazole rings is 1. The van der Waals surface area contributed by atoms with Gasteiger partial charge in [-0.1, -0.05) is 0 Å². The number of carbonyl (C=O) groups excluding carboxylic acids is 1. The van der Waals surface area contributed by atoms with Gasteiger partial charge in [0.1, 0.15) is 16.0 Å². The molecule has 1 aromatic heterocycles. The van der Waals surface area contributed by atoms with Gasteiger partial charge in [0.2, 0.25) is 0 Å². The second-order valence-electron chi connectivity index (χ2n) is 5.00. The highest BCUT2D eigenvalue weighted by molar-refractivity contribution is 7.13. The predicted octanol–water partition coefficient (Wildman–Crippen LogP) is 2.57. The Kier molecular flexibility index (Phi) is 8.73. The standard InChI is InChI=1S/C13H21N3O2S.2ClH/c1-8-11(19-12(15-8)9(2)18-3)13(17)16-6-4-5-10(14)7-16;;/h9-10H,4-7,14H2,1-3H3;2*1H. The molecule has 1 aliphatic rings. The molecule has 2 heterocycles. The third kappa shape index (κ3) is 4.79. The zero-order valence-corrected chi connectivity index (χ0v) is 14.9. The molecule has 21 heavy (non-hydrogen) atoms. The first kappa shape index (κ1) is 20.6. The summed E-state index contributed by atoms with van der Waals surface area (Å²) >= 11 is 1.43. The van der Waals surface area contributed by atoms with E-state index in [4.69, 9.17) is 10.5 Å². The molecule has 1 aromatic rings. The van der Waals surface area contributed by atoms with Crippen molar-refractivity contribution in [1.29, 1.82) is 0 Å². The van der Waals surface area contributed by atoms with Gasteiger partial charge in [0.15, 0.2) is 0 Å². The lowest BCUT2D eigenvalue weighted by Gasteiger charge is -2.30. The lowest BCUT2D eigenvalue weighted by atomic mass is 10.1. The molecule has 2 atom stereocenters. The number of piperidine rings is 1. The van der Waals surface area contributed by atoms with Gasteiger partial charge < -0.3 is 15.4 Å². The Morgan fingerprint density at radius 3 is 2.76 bits per heavy atom. The van der Waals surface area contributed by atoms with Gasteiger partial charge in [0, 0.05) is 26.2 Å². The van der Waals surface area contributed by atoms with E-state index < -0.39 is 0 Å². The minimum Gasteiger partial charge on any atom is -0.375 e. The predicted molar refractivity (Wildman–Crippen MR) is 89.9 cm³/mol. The van der Waals surface area contributed by atoms with Crippen LogP contribution in [-0.4, -0.2) is 42.0 Å². The fourth-order valence-electron chi connectivity index (χ4n) is 2.23. The van der Waals surface area contributed by atoms with Crippen LogP contribution in [0, 0.1) is 6.92 Å². The van der Waals surface area contributed by atoms with Gasteiger partial charge in [-0.25, -0.2) is 4.98 Å². The molecular weight excluding hydrogens is 333 g/mol. The number of amides is 1. The smallest absolute Gasteiger partial charge is 0.265 e. The molecule has 1 saturated heterocycles. The average molecular weight is 356 g/mol.